The van der Waals surface area contributed by atoms with Crippen LogP contribution in [-0.2, 0) is 11.3 Å². The summed E-state index contributed by atoms with van der Waals surface area (Å²) >= 11 is 0. The summed E-state index contributed by atoms with van der Waals surface area (Å²) in [6, 6.07) is 12.6. The number of anilines is 1. The number of fused-ring (bicyclic) bond motifs is 1. The van der Waals surface area contributed by atoms with Crippen molar-refractivity contribution in [1.29, 1.82) is 0 Å². The van der Waals surface area contributed by atoms with E-state index < -0.39 is 11.6 Å². The van der Waals surface area contributed by atoms with Gasteiger partial charge in [-0.25, -0.2) is 18.5 Å². The van der Waals surface area contributed by atoms with E-state index in [0.29, 0.717) is 22.8 Å². The van der Waals surface area contributed by atoms with E-state index in [9.17, 15) is 14.0 Å². The molecule has 0 saturated carbocycles. The van der Waals surface area contributed by atoms with Gasteiger partial charge in [0, 0.05) is 12.3 Å². The molecule has 1 amide bonds. The molecule has 3 heterocycles. The second-order valence-corrected chi connectivity index (χ2v) is 5.98. The summed E-state index contributed by atoms with van der Waals surface area (Å²) in [6.45, 7) is 1.54. The van der Waals surface area contributed by atoms with Crippen LogP contribution in [-0.4, -0.2) is 29.9 Å². The Hall–Kier alpha value is -3.75. The Labute approximate surface area is 152 Å². The number of aryl methyl sites for hydroxylation is 1. The van der Waals surface area contributed by atoms with E-state index in [1.165, 1.54) is 21.2 Å². The molecule has 0 aliphatic heterocycles. The standard InChI is InChI=1S/C18H15FN6O2/c1-12-10-16(25(21-12)14-7-5-13(19)6-8-14)20-17(26)11-24-18(27)23-9-3-2-4-15(23)22-24/h2-10H,11H2,1H3,(H,20,26). The highest BCUT2D eigenvalue weighted by molar-refractivity contribution is 5.90. The maximum absolute atomic E-state index is 13.1. The van der Waals surface area contributed by atoms with E-state index in [2.05, 4.69) is 15.5 Å². The number of nitrogens with zero attached hydrogens (tertiary/aromatic N) is 5. The van der Waals surface area contributed by atoms with Gasteiger partial charge in [-0.15, -0.1) is 5.10 Å². The van der Waals surface area contributed by atoms with Crippen LogP contribution in [0, 0.1) is 12.7 Å². The third-order valence-electron chi connectivity index (χ3n) is 3.95. The Balaban J connectivity index is 1.59. The molecule has 0 aliphatic rings. The van der Waals surface area contributed by atoms with Gasteiger partial charge in [-0.2, -0.15) is 5.10 Å². The van der Waals surface area contributed by atoms with Crippen LogP contribution < -0.4 is 11.0 Å². The normalized spacial score (nSPS) is 11.0. The van der Waals surface area contributed by atoms with Crippen molar-refractivity contribution in [3.8, 4) is 5.69 Å². The number of benzene rings is 1. The van der Waals surface area contributed by atoms with Crippen molar-refractivity contribution in [2.45, 2.75) is 13.5 Å². The van der Waals surface area contributed by atoms with Crippen molar-refractivity contribution in [3.05, 3.63) is 76.7 Å². The van der Waals surface area contributed by atoms with E-state index in [1.807, 2.05) is 0 Å². The second-order valence-electron chi connectivity index (χ2n) is 5.98. The van der Waals surface area contributed by atoms with Gasteiger partial charge in [0.1, 0.15) is 18.2 Å². The predicted octanol–water partition coefficient (Wildman–Crippen LogP) is 1.77. The van der Waals surface area contributed by atoms with Crippen molar-refractivity contribution in [2.24, 2.45) is 0 Å². The zero-order valence-corrected chi connectivity index (χ0v) is 14.3. The zero-order valence-electron chi connectivity index (χ0n) is 14.3. The van der Waals surface area contributed by atoms with Crippen LogP contribution in [0.3, 0.4) is 0 Å². The van der Waals surface area contributed by atoms with Gasteiger partial charge in [0.15, 0.2) is 5.65 Å². The molecule has 9 heteroatoms. The number of rotatable bonds is 4. The number of carbonyl (C=O) groups is 1. The molecule has 0 saturated heterocycles. The number of amides is 1. The van der Waals surface area contributed by atoms with Crippen LogP contribution in [0.1, 0.15) is 5.69 Å². The molecule has 0 unspecified atom stereocenters. The molecule has 136 valence electrons. The first-order valence-corrected chi connectivity index (χ1v) is 8.18. The molecule has 0 spiro atoms. The van der Waals surface area contributed by atoms with Gasteiger partial charge < -0.3 is 5.32 Å². The largest absolute Gasteiger partial charge is 0.350 e. The molecule has 4 rings (SSSR count). The molecule has 3 aromatic heterocycles. The van der Waals surface area contributed by atoms with Crippen molar-refractivity contribution >= 4 is 17.4 Å². The Morgan fingerprint density at radius 1 is 1.15 bits per heavy atom. The minimum atomic E-state index is -0.427. The lowest BCUT2D eigenvalue weighted by atomic mass is 10.3. The summed E-state index contributed by atoms with van der Waals surface area (Å²) in [6.07, 6.45) is 1.59. The third-order valence-corrected chi connectivity index (χ3v) is 3.95. The minimum Gasteiger partial charge on any atom is -0.309 e. The van der Waals surface area contributed by atoms with Gasteiger partial charge in [0.25, 0.3) is 0 Å². The zero-order chi connectivity index (χ0) is 19.0. The van der Waals surface area contributed by atoms with Crippen LogP contribution >= 0.6 is 0 Å². The first-order valence-electron chi connectivity index (χ1n) is 8.18. The first-order chi connectivity index (χ1) is 13.0. The van der Waals surface area contributed by atoms with E-state index in [-0.39, 0.29) is 12.4 Å². The van der Waals surface area contributed by atoms with Crippen LogP contribution in [0.4, 0.5) is 10.2 Å². The Morgan fingerprint density at radius 2 is 1.93 bits per heavy atom. The molecular weight excluding hydrogens is 351 g/mol. The van der Waals surface area contributed by atoms with Gasteiger partial charge in [0.2, 0.25) is 5.91 Å². The maximum atomic E-state index is 13.1. The fourth-order valence-corrected chi connectivity index (χ4v) is 2.76. The SMILES string of the molecule is Cc1cc(NC(=O)Cn2nc3ccccn3c2=O)n(-c2ccc(F)cc2)n1. The van der Waals surface area contributed by atoms with Crippen molar-refractivity contribution in [2.75, 3.05) is 5.32 Å². The van der Waals surface area contributed by atoms with Gasteiger partial charge in [-0.1, -0.05) is 6.07 Å². The van der Waals surface area contributed by atoms with Gasteiger partial charge in [-0.3, -0.25) is 9.20 Å². The highest BCUT2D eigenvalue weighted by Gasteiger charge is 2.14. The minimum absolute atomic E-state index is 0.242. The molecule has 1 aromatic carbocycles. The highest BCUT2D eigenvalue weighted by atomic mass is 19.1. The Morgan fingerprint density at radius 3 is 2.67 bits per heavy atom. The van der Waals surface area contributed by atoms with Crippen LogP contribution in [0.2, 0.25) is 0 Å². The summed E-state index contributed by atoms with van der Waals surface area (Å²) < 4.78 is 17.1. The van der Waals surface area contributed by atoms with Crippen LogP contribution in [0.15, 0.2) is 59.5 Å². The van der Waals surface area contributed by atoms with E-state index in [4.69, 9.17) is 0 Å². The molecule has 0 atom stereocenters. The number of hydrogen-bond donors (Lipinski definition) is 1. The number of hydrogen-bond acceptors (Lipinski definition) is 4. The summed E-state index contributed by atoms with van der Waals surface area (Å²) in [5, 5.41) is 11.2. The first kappa shape index (κ1) is 16.7. The topological polar surface area (TPSA) is 86.2 Å². The fourth-order valence-electron chi connectivity index (χ4n) is 2.76. The summed E-state index contributed by atoms with van der Waals surface area (Å²) in [5.41, 5.74) is 1.34. The molecule has 0 radical (unpaired) electrons. The van der Waals surface area contributed by atoms with Crippen molar-refractivity contribution < 1.29 is 9.18 Å². The van der Waals surface area contributed by atoms with E-state index in [1.54, 1.807) is 49.5 Å². The smallest absolute Gasteiger partial charge is 0.309 e. The number of pyridine rings is 1. The Bertz CT molecular complexity index is 1190. The molecule has 0 bridgehead atoms. The average molecular weight is 366 g/mol. The molecule has 0 aliphatic carbocycles. The maximum Gasteiger partial charge on any atom is 0.350 e. The lowest BCUT2D eigenvalue weighted by Crippen LogP contribution is -2.28. The summed E-state index contributed by atoms with van der Waals surface area (Å²) in [7, 11) is 0. The number of halogens is 1. The second kappa shape index (κ2) is 6.52. The lowest BCUT2D eigenvalue weighted by Gasteiger charge is -2.08. The van der Waals surface area contributed by atoms with Crippen molar-refractivity contribution in [1.82, 2.24) is 24.0 Å². The molecule has 0 fully saturated rings. The Kier molecular flexibility index (Phi) is 4.03. The van der Waals surface area contributed by atoms with Gasteiger partial charge in [-0.05, 0) is 43.3 Å². The van der Waals surface area contributed by atoms with Crippen LogP contribution in [0.25, 0.3) is 11.3 Å². The molecule has 8 nitrogen and oxygen atoms in total. The molecule has 27 heavy (non-hydrogen) atoms. The monoisotopic (exact) mass is 366 g/mol. The number of carbonyl (C=O) groups excluding carboxylic acids is 1. The molecule has 1 N–H and O–H groups in total. The van der Waals surface area contributed by atoms with Gasteiger partial charge in [0.05, 0.1) is 11.4 Å². The third kappa shape index (κ3) is 3.22. The molecular formula is C18H15FN6O2. The average Bonchev–Trinajstić information content (AvgIpc) is 3.16. The molecule has 4 aromatic rings. The van der Waals surface area contributed by atoms with E-state index >= 15 is 0 Å². The predicted molar refractivity (Wildman–Crippen MR) is 96.3 cm³/mol. The van der Waals surface area contributed by atoms with Gasteiger partial charge >= 0.3 is 5.69 Å². The number of nitrogens with one attached hydrogen (secondary N) is 1. The van der Waals surface area contributed by atoms with Crippen LogP contribution in [0.5, 0.6) is 0 Å². The number of aromatic nitrogens is 5. The fraction of sp³-hybridized carbons (Fsp3) is 0.111. The lowest BCUT2D eigenvalue weighted by molar-refractivity contribution is -0.117. The highest BCUT2D eigenvalue weighted by Crippen LogP contribution is 2.17. The summed E-state index contributed by atoms with van der Waals surface area (Å²) in [4.78, 5) is 24.7. The summed E-state index contributed by atoms with van der Waals surface area (Å²) in [5.74, 6) is -0.371. The van der Waals surface area contributed by atoms with Crippen molar-refractivity contribution in [3.63, 3.8) is 0 Å². The van der Waals surface area contributed by atoms with E-state index in [0.717, 1.165) is 4.68 Å². The quantitative estimate of drug-likeness (QED) is 0.596.